The number of sulfone groups is 1. The lowest BCUT2D eigenvalue weighted by atomic mass is 10.3. The number of aromatic nitrogens is 1. The molecule has 28 heavy (non-hydrogen) atoms. The van der Waals surface area contributed by atoms with E-state index in [4.69, 9.17) is 4.74 Å². The van der Waals surface area contributed by atoms with Crippen LogP contribution in [-0.2, 0) is 20.8 Å². The number of aliphatic hydroxyl groups is 1. The minimum absolute atomic E-state index is 0.224. The van der Waals surface area contributed by atoms with Gasteiger partial charge in [0, 0.05) is 13.1 Å². The lowest BCUT2D eigenvalue weighted by Crippen LogP contribution is -2.28. The van der Waals surface area contributed by atoms with Gasteiger partial charge in [-0.15, -0.1) is 0 Å². The second kappa shape index (κ2) is 8.57. The van der Waals surface area contributed by atoms with Crippen molar-refractivity contribution in [1.29, 1.82) is 0 Å². The van der Waals surface area contributed by atoms with Gasteiger partial charge in [0.1, 0.15) is 18.5 Å². The summed E-state index contributed by atoms with van der Waals surface area (Å²) in [7, 11) is -4.13. The molecule has 0 saturated heterocycles. The predicted molar refractivity (Wildman–Crippen MR) is 93.5 cm³/mol. The summed E-state index contributed by atoms with van der Waals surface area (Å²) in [5.74, 6) is -0.914. The molecule has 0 radical (unpaired) electrons. The number of benzene rings is 1. The molecular formula is C17H17F3N2O5S. The maximum atomic E-state index is 12.5. The molecule has 0 aliphatic rings. The molecule has 1 heterocycles. The van der Waals surface area contributed by atoms with Gasteiger partial charge in [-0.1, -0.05) is 12.1 Å². The van der Waals surface area contributed by atoms with Crippen LogP contribution in [0, 0.1) is 0 Å². The number of nitrogens with one attached hydrogen (secondary N) is 1. The Kier molecular flexibility index (Phi) is 6.62. The number of rotatable bonds is 7. The molecule has 152 valence electrons. The normalized spacial score (nSPS) is 13.0. The summed E-state index contributed by atoms with van der Waals surface area (Å²) < 4.78 is 67.4. The van der Waals surface area contributed by atoms with Crippen molar-refractivity contribution in [1.82, 2.24) is 4.98 Å². The number of hydrogen-bond donors (Lipinski definition) is 2. The molecule has 1 atom stereocenters. The van der Waals surface area contributed by atoms with Crippen molar-refractivity contribution >= 4 is 21.4 Å². The van der Waals surface area contributed by atoms with E-state index in [1.54, 1.807) is 18.2 Å². The van der Waals surface area contributed by atoms with E-state index in [1.165, 1.54) is 13.0 Å². The highest BCUT2D eigenvalue weighted by molar-refractivity contribution is 7.91. The minimum Gasteiger partial charge on any atom is -0.489 e. The molecule has 0 fully saturated rings. The zero-order valence-corrected chi connectivity index (χ0v) is 15.4. The van der Waals surface area contributed by atoms with Gasteiger partial charge in [-0.05, 0) is 24.3 Å². The number of amides is 1. The molecule has 0 saturated carbocycles. The Morgan fingerprint density at radius 2 is 1.93 bits per heavy atom. The van der Waals surface area contributed by atoms with Crippen molar-refractivity contribution < 1.29 is 36.2 Å². The van der Waals surface area contributed by atoms with Crippen LogP contribution in [0.2, 0.25) is 0 Å². The van der Waals surface area contributed by atoms with Gasteiger partial charge in [0.25, 0.3) is 0 Å². The van der Waals surface area contributed by atoms with Gasteiger partial charge in [0.2, 0.25) is 5.91 Å². The summed E-state index contributed by atoms with van der Waals surface area (Å²) in [6.07, 6.45) is -5.69. The van der Waals surface area contributed by atoms with Gasteiger partial charge in [-0.3, -0.25) is 4.79 Å². The number of hydrogen-bond acceptors (Lipinski definition) is 6. The maximum absolute atomic E-state index is 12.5. The van der Waals surface area contributed by atoms with Crippen molar-refractivity contribution in [2.45, 2.75) is 24.2 Å². The monoisotopic (exact) mass is 418 g/mol. The quantitative estimate of drug-likeness (QED) is 0.715. The highest BCUT2D eigenvalue weighted by atomic mass is 32.2. The fourth-order valence-corrected chi connectivity index (χ4v) is 3.45. The van der Waals surface area contributed by atoms with Gasteiger partial charge < -0.3 is 15.2 Å². The van der Waals surface area contributed by atoms with E-state index in [9.17, 15) is 31.5 Å². The zero-order chi connectivity index (χ0) is 20.9. The van der Waals surface area contributed by atoms with E-state index in [1.807, 2.05) is 0 Å². The molecule has 1 aromatic heterocycles. The number of alkyl halides is 3. The lowest BCUT2D eigenvalue weighted by Gasteiger charge is -2.15. The molecule has 11 heteroatoms. The summed E-state index contributed by atoms with van der Waals surface area (Å²) in [6, 6.07) is 7.69. The average Bonchev–Trinajstić information content (AvgIpc) is 2.59. The number of carbonyl (C=O) groups excluding carboxylic acids is 1. The third-order valence-corrected chi connectivity index (χ3v) is 5.13. The Bertz CT molecular complexity index is 931. The SMILES string of the molecule is CC(=O)Nc1ccccc1OCC(O)CS(=O)(=O)c1ccc(C(F)(F)F)cn1. The summed E-state index contributed by atoms with van der Waals surface area (Å²) >= 11 is 0. The number of ether oxygens (including phenoxy) is 1. The number of carbonyl (C=O) groups is 1. The Morgan fingerprint density at radius 1 is 1.25 bits per heavy atom. The van der Waals surface area contributed by atoms with Crippen molar-refractivity contribution in [2.24, 2.45) is 0 Å². The largest absolute Gasteiger partial charge is 0.489 e. The Balaban J connectivity index is 2.02. The fourth-order valence-electron chi connectivity index (χ4n) is 2.19. The molecule has 0 aliphatic carbocycles. The van der Waals surface area contributed by atoms with Crippen LogP contribution < -0.4 is 10.1 Å². The fraction of sp³-hybridized carbons (Fsp3) is 0.294. The molecule has 2 rings (SSSR count). The number of anilines is 1. The summed E-state index contributed by atoms with van der Waals surface area (Å²) in [5.41, 5.74) is -0.737. The van der Waals surface area contributed by atoms with Crippen LogP contribution in [0.4, 0.5) is 18.9 Å². The summed E-state index contributed by atoms with van der Waals surface area (Å²) in [6.45, 7) is 0.881. The van der Waals surface area contributed by atoms with Gasteiger partial charge in [0.05, 0.1) is 17.0 Å². The summed E-state index contributed by atoms with van der Waals surface area (Å²) in [4.78, 5) is 14.5. The van der Waals surface area contributed by atoms with Crippen LogP contribution >= 0.6 is 0 Å². The lowest BCUT2D eigenvalue weighted by molar-refractivity contribution is -0.137. The number of nitrogens with zero attached hydrogens (tertiary/aromatic N) is 1. The topological polar surface area (TPSA) is 106 Å². The molecule has 0 bridgehead atoms. The first-order valence-electron chi connectivity index (χ1n) is 7.92. The van der Waals surface area contributed by atoms with E-state index in [0.717, 1.165) is 6.07 Å². The van der Waals surface area contributed by atoms with E-state index in [0.29, 0.717) is 18.0 Å². The maximum Gasteiger partial charge on any atom is 0.417 e. The van der Waals surface area contributed by atoms with E-state index < -0.39 is 45.1 Å². The van der Waals surface area contributed by atoms with E-state index in [-0.39, 0.29) is 11.7 Å². The number of aliphatic hydroxyl groups excluding tert-OH is 1. The molecule has 7 nitrogen and oxygen atoms in total. The van der Waals surface area contributed by atoms with Crippen molar-refractivity contribution in [2.75, 3.05) is 17.7 Å². The van der Waals surface area contributed by atoms with Gasteiger partial charge in [-0.25, -0.2) is 13.4 Å². The molecular weight excluding hydrogens is 401 g/mol. The molecule has 1 unspecified atom stereocenters. The van der Waals surface area contributed by atoms with Crippen LogP contribution in [0.15, 0.2) is 47.6 Å². The Hall–Kier alpha value is -2.66. The first-order valence-corrected chi connectivity index (χ1v) is 9.58. The second-order valence-electron chi connectivity index (χ2n) is 5.81. The zero-order valence-electron chi connectivity index (χ0n) is 14.6. The molecule has 1 aromatic carbocycles. The van der Waals surface area contributed by atoms with Crippen LogP contribution in [-0.4, -0.2) is 42.9 Å². The second-order valence-corrected chi connectivity index (χ2v) is 7.79. The van der Waals surface area contributed by atoms with Crippen molar-refractivity contribution in [3.8, 4) is 5.75 Å². The number of para-hydroxylation sites is 2. The smallest absolute Gasteiger partial charge is 0.417 e. The first kappa shape index (κ1) is 21.6. The molecule has 1 amide bonds. The van der Waals surface area contributed by atoms with Crippen LogP contribution in [0.3, 0.4) is 0 Å². The van der Waals surface area contributed by atoms with Crippen LogP contribution in [0.5, 0.6) is 5.75 Å². The highest BCUT2D eigenvalue weighted by Crippen LogP contribution is 2.29. The average molecular weight is 418 g/mol. The molecule has 0 spiro atoms. The number of pyridine rings is 1. The number of halogens is 3. The van der Waals surface area contributed by atoms with E-state index in [2.05, 4.69) is 10.3 Å². The van der Waals surface area contributed by atoms with Crippen molar-refractivity contribution in [3.63, 3.8) is 0 Å². The molecule has 0 aliphatic heterocycles. The van der Waals surface area contributed by atoms with Gasteiger partial charge >= 0.3 is 6.18 Å². The van der Waals surface area contributed by atoms with E-state index >= 15 is 0 Å². The van der Waals surface area contributed by atoms with Gasteiger partial charge in [0.15, 0.2) is 14.9 Å². The van der Waals surface area contributed by atoms with Gasteiger partial charge in [-0.2, -0.15) is 13.2 Å². The standard InChI is InChI=1S/C17H17F3N2O5S/c1-11(23)22-14-4-2-3-5-15(14)27-9-13(24)10-28(25,26)16-7-6-12(8-21-16)17(18,19)20/h2-8,13,24H,9-10H2,1H3,(H,22,23). The summed E-state index contributed by atoms with van der Waals surface area (Å²) in [5, 5.41) is 11.9. The Morgan fingerprint density at radius 3 is 2.50 bits per heavy atom. The minimum atomic E-state index is -4.63. The highest BCUT2D eigenvalue weighted by Gasteiger charge is 2.31. The first-order chi connectivity index (χ1) is 13.0. The van der Waals surface area contributed by atoms with Crippen LogP contribution in [0.1, 0.15) is 12.5 Å². The van der Waals surface area contributed by atoms with Crippen molar-refractivity contribution in [3.05, 3.63) is 48.2 Å². The third kappa shape index (κ3) is 5.92. The predicted octanol–water partition coefficient (Wildman–Crippen LogP) is 2.27. The van der Waals surface area contributed by atoms with Crippen LogP contribution in [0.25, 0.3) is 0 Å². The molecule has 2 N–H and O–H groups in total. The Labute approximate surface area is 159 Å². The third-order valence-electron chi connectivity index (χ3n) is 3.42. The molecule has 2 aromatic rings.